The zero-order valence-corrected chi connectivity index (χ0v) is 8.27. The van der Waals surface area contributed by atoms with E-state index in [9.17, 15) is 9.59 Å². The van der Waals surface area contributed by atoms with Crippen LogP contribution in [0.25, 0.3) is 0 Å². The maximum absolute atomic E-state index is 11.2. The maximum atomic E-state index is 11.2. The molecular weight excluding hydrogens is 194 g/mol. The summed E-state index contributed by atoms with van der Waals surface area (Å²) in [6.07, 6.45) is 2.19. The molecule has 0 spiro atoms. The molecular formula is C11H11NO3. The maximum Gasteiger partial charge on any atom is 0.330 e. The van der Waals surface area contributed by atoms with Crippen molar-refractivity contribution < 1.29 is 14.3 Å². The number of benzene rings is 1. The molecule has 0 fully saturated rings. The minimum atomic E-state index is -0.557. The average molecular weight is 205 g/mol. The molecule has 0 radical (unpaired) electrons. The van der Waals surface area contributed by atoms with Gasteiger partial charge in [-0.25, -0.2) is 4.79 Å². The van der Waals surface area contributed by atoms with Crippen LogP contribution in [0.5, 0.6) is 0 Å². The minimum absolute atomic E-state index is 0.369. The SMILES string of the molecule is COC(=O)/C=C/C(=O)Nc1ccccc1. The highest BCUT2D eigenvalue weighted by Gasteiger charge is 1.98. The first-order valence-electron chi connectivity index (χ1n) is 4.34. The number of ether oxygens (including phenoxy) is 1. The summed E-state index contributed by atoms with van der Waals surface area (Å²) in [5, 5.41) is 2.59. The van der Waals surface area contributed by atoms with Gasteiger partial charge in [-0.15, -0.1) is 0 Å². The largest absolute Gasteiger partial charge is 0.466 e. The lowest BCUT2D eigenvalue weighted by molar-refractivity contribution is -0.135. The summed E-state index contributed by atoms with van der Waals surface area (Å²) in [7, 11) is 1.25. The van der Waals surface area contributed by atoms with Gasteiger partial charge in [-0.05, 0) is 12.1 Å². The Balaban J connectivity index is 2.50. The molecule has 0 unspecified atom stereocenters. The molecule has 1 aromatic rings. The Morgan fingerprint density at radius 1 is 1.20 bits per heavy atom. The zero-order chi connectivity index (χ0) is 11.1. The number of methoxy groups -OCH3 is 1. The monoisotopic (exact) mass is 205 g/mol. The summed E-state index contributed by atoms with van der Waals surface area (Å²) in [5.41, 5.74) is 0.678. The summed E-state index contributed by atoms with van der Waals surface area (Å²) in [4.78, 5) is 21.9. The van der Waals surface area contributed by atoms with Crippen LogP contribution in [-0.4, -0.2) is 19.0 Å². The number of nitrogens with one attached hydrogen (secondary N) is 1. The van der Waals surface area contributed by atoms with Gasteiger partial charge in [0.15, 0.2) is 0 Å². The predicted octanol–water partition coefficient (Wildman–Crippen LogP) is 1.35. The van der Waals surface area contributed by atoms with E-state index >= 15 is 0 Å². The third-order valence-corrected chi connectivity index (χ3v) is 1.61. The average Bonchev–Trinajstić information content (AvgIpc) is 2.27. The number of esters is 1. The van der Waals surface area contributed by atoms with Gasteiger partial charge in [0, 0.05) is 17.8 Å². The fourth-order valence-electron chi connectivity index (χ4n) is 0.917. The van der Waals surface area contributed by atoms with Gasteiger partial charge in [0.05, 0.1) is 7.11 Å². The number of carbonyl (C=O) groups excluding carboxylic acids is 2. The fourth-order valence-corrected chi connectivity index (χ4v) is 0.917. The normalized spacial score (nSPS) is 9.93. The predicted molar refractivity (Wildman–Crippen MR) is 56.2 cm³/mol. The molecule has 0 bridgehead atoms. The van der Waals surface area contributed by atoms with Crippen LogP contribution in [0.3, 0.4) is 0 Å². The van der Waals surface area contributed by atoms with Crippen molar-refractivity contribution in [3.8, 4) is 0 Å². The van der Waals surface area contributed by atoms with Crippen molar-refractivity contribution in [1.29, 1.82) is 0 Å². The summed E-state index contributed by atoms with van der Waals surface area (Å²) in [6, 6.07) is 8.97. The molecule has 1 aromatic carbocycles. The van der Waals surface area contributed by atoms with Crippen LogP contribution in [0.2, 0.25) is 0 Å². The van der Waals surface area contributed by atoms with E-state index in [1.807, 2.05) is 6.07 Å². The van der Waals surface area contributed by atoms with E-state index in [0.29, 0.717) is 5.69 Å². The quantitative estimate of drug-likeness (QED) is 0.598. The number of para-hydroxylation sites is 1. The van der Waals surface area contributed by atoms with Crippen molar-refractivity contribution in [2.24, 2.45) is 0 Å². The van der Waals surface area contributed by atoms with Gasteiger partial charge in [-0.3, -0.25) is 4.79 Å². The molecule has 4 nitrogen and oxygen atoms in total. The molecule has 0 atom stereocenters. The molecule has 1 amide bonds. The lowest BCUT2D eigenvalue weighted by atomic mass is 10.3. The van der Waals surface area contributed by atoms with Gasteiger partial charge in [0.2, 0.25) is 5.91 Å². The van der Waals surface area contributed by atoms with Crippen LogP contribution in [0.4, 0.5) is 5.69 Å². The van der Waals surface area contributed by atoms with Crippen molar-refractivity contribution in [1.82, 2.24) is 0 Å². The van der Waals surface area contributed by atoms with Gasteiger partial charge < -0.3 is 10.1 Å². The summed E-state index contributed by atoms with van der Waals surface area (Å²) >= 11 is 0. The second-order valence-corrected chi connectivity index (χ2v) is 2.71. The smallest absolute Gasteiger partial charge is 0.330 e. The second kappa shape index (κ2) is 5.59. The third-order valence-electron chi connectivity index (χ3n) is 1.61. The van der Waals surface area contributed by atoms with Gasteiger partial charge >= 0.3 is 5.97 Å². The lowest BCUT2D eigenvalue weighted by Crippen LogP contribution is -2.08. The third kappa shape index (κ3) is 4.08. The molecule has 15 heavy (non-hydrogen) atoms. The molecule has 1 rings (SSSR count). The first-order valence-corrected chi connectivity index (χ1v) is 4.34. The Kier molecular flexibility index (Phi) is 4.09. The molecule has 0 aromatic heterocycles. The van der Waals surface area contributed by atoms with E-state index in [4.69, 9.17) is 0 Å². The highest BCUT2D eigenvalue weighted by Crippen LogP contribution is 2.04. The van der Waals surface area contributed by atoms with Gasteiger partial charge in [-0.2, -0.15) is 0 Å². The Morgan fingerprint density at radius 2 is 1.87 bits per heavy atom. The van der Waals surface area contributed by atoms with Crippen LogP contribution in [-0.2, 0) is 14.3 Å². The first-order chi connectivity index (χ1) is 7.22. The lowest BCUT2D eigenvalue weighted by Gasteiger charge is -1.99. The molecule has 1 N–H and O–H groups in total. The van der Waals surface area contributed by atoms with Crippen molar-refractivity contribution in [2.75, 3.05) is 12.4 Å². The Hall–Kier alpha value is -2.10. The molecule has 0 saturated carbocycles. The highest BCUT2D eigenvalue weighted by molar-refractivity contribution is 6.02. The number of amides is 1. The van der Waals surface area contributed by atoms with Crippen molar-refractivity contribution in [3.63, 3.8) is 0 Å². The number of anilines is 1. The molecule has 0 aliphatic heterocycles. The van der Waals surface area contributed by atoms with E-state index < -0.39 is 5.97 Å². The minimum Gasteiger partial charge on any atom is -0.466 e. The summed E-state index contributed by atoms with van der Waals surface area (Å²) in [6.45, 7) is 0. The van der Waals surface area contributed by atoms with E-state index in [-0.39, 0.29) is 5.91 Å². The Bertz CT molecular complexity index is 371. The van der Waals surface area contributed by atoms with Crippen LogP contribution >= 0.6 is 0 Å². The van der Waals surface area contributed by atoms with Crippen molar-refractivity contribution >= 4 is 17.6 Å². The molecule has 0 aliphatic rings. The van der Waals surface area contributed by atoms with Gasteiger partial charge in [0.25, 0.3) is 0 Å². The van der Waals surface area contributed by atoms with Crippen LogP contribution in [0.15, 0.2) is 42.5 Å². The summed E-state index contributed by atoms with van der Waals surface area (Å²) in [5.74, 6) is -0.926. The van der Waals surface area contributed by atoms with Gasteiger partial charge in [0.1, 0.15) is 0 Å². The molecule has 0 aliphatic carbocycles. The van der Waals surface area contributed by atoms with E-state index in [2.05, 4.69) is 10.1 Å². The topological polar surface area (TPSA) is 55.4 Å². The van der Waals surface area contributed by atoms with Crippen LogP contribution in [0, 0.1) is 0 Å². The van der Waals surface area contributed by atoms with Crippen molar-refractivity contribution in [3.05, 3.63) is 42.5 Å². The van der Waals surface area contributed by atoms with E-state index in [1.165, 1.54) is 7.11 Å². The Labute approximate surface area is 87.6 Å². The highest BCUT2D eigenvalue weighted by atomic mass is 16.5. The van der Waals surface area contributed by atoms with Crippen molar-refractivity contribution in [2.45, 2.75) is 0 Å². The van der Waals surface area contributed by atoms with E-state index in [1.54, 1.807) is 24.3 Å². The zero-order valence-electron chi connectivity index (χ0n) is 8.27. The standard InChI is InChI=1S/C11H11NO3/c1-15-11(14)8-7-10(13)12-9-5-3-2-4-6-9/h2-8H,1H3,(H,12,13)/b8-7+. The molecule has 0 heterocycles. The Morgan fingerprint density at radius 3 is 2.47 bits per heavy atom. The molecule has 78 valence electrons. The molecule has 0 saturated heterocycles. The summed E-state index contributed by atoms with van der Waals surface area (Å²) < 4.78 is 4.35. The number of hydrogen-bond donors (Lipinski definition) is 1. The first kappa shape index (κ1) is 11.0. The number of rotatable bonds is 3. The van der Waals surface area contributed by atoms with Gasteiger partial charge in [-0.1, -0.05) is 18.2 Å². The van der Waals surface area contributed by atoms with E-state index in [0.717, 1.165) is 12.2 Å². The number of hydrogen-bond acceptors (Lipinski definition) is 3. The number of carbonyl (C=O) groups is 2. The fraction of sp³-hybridized carbons (Fsp3) is 0.0909. The second-order valence-electron chi connectivity index (χ2n) is 2.71. The molecule has 4 heteroatoms. The van der Waals surface area contributed by atoms with Crippen LogP contribution < -0.4 is 5.32 Å². The van der Waals surface area contributed by atoms with Crippen LogP contribution in [0.1, 0.15) is 0 Å².